The number of carboxylic acid groups (broad SMARTS) is 1. The SMILES string of the molecule is O=C(O)CCCCc1nc2cc(C(=O)N3CCC4(CC3)Cc3ccccc3C(=O)N4)ccc2nc1-c1ccccc1. The van der Waals surface area contributed by atoms with E-state index in [0.29, 0.717) is 61.8 Å². The highest BCUT2D eigenvalue weighted by Crippen LogP contribution is 2.33. The highest BCUT2D eigenvalue weighted by molar-refractivity contribution is 5.98. The van der Waals surface area contributed by atoms with Crippen LogP contribution in [0.2, 0.25) is 0 Å². The summed E-state index contributed by atoms with van der Waals surface area (Å²) in [4.78, 5) is 49.0. The number of amides is 2. The molecule has 2 N–H and O–H groups in total. The first-order valence-corrected chi connectivity index (χ1v) is 14.2. The zero-order valence-corrected chi connectivity index (χ0v) is 22.8. The van der Waals surface area contributed by atoms with Crippen LogP contribution in [0.5, 0.6) is 0 Å². The molecule has 0 radical (unpaired) electrons. The summed E-state index contributed by atoms with van der Waals surface area (Å²) in [6, 6.07) is 23.0. The summed E-state index contributed by atoms with van der Waals surface area (Å²) in [5.74, 6) is -0.894. The zero-order chi connectivity index (χ0) is 28.4. The number of aryl methyl sites for hydroxylation is 1. The lowest BCUT2D eigenvalue weighted by atomic mass is 9.77. The normalized spacial score (nSPS) is 15.9. The second-order valence-electron chi connectivity index (χ2n) is 11.0. The molecule has 0 aliphatic carbocycles. The van der Waals surface area contributed by atoms with Crippen LogP contribution >= 0.6 is 0 Å². The molecule has 1 spiro atoms. The van der Waals surface area contributed by atoms with Crippen LogP contribution in [0.25, 0.3) is 22.3 Å². The third-order valence-corrected chi connectivity index (χ3v) is 8.26. The van der Waals surface area contributed by atoms with Crippen molar-refractivity contribution in [2.24, 2.45) is 0 Å². The number of fused-ring (bicyclic) bond motifs is 2. The summed E-state index contributed by atoms with van der Waals surface area (Å²) >= 11 is 0. The van der Waals surface area contributed by atoms with Gasteiger partial charge in [-0.1, -0.05) is 48.5 Å². The molecule has 1 saturated heterocycles. The fraction of sp³-hybridized carbons (Fsp3) is 0.303. The largest absolute Gasteiger partial charge is 0.481 e. The average molecular weight is 549 g/mol. The molecule has 1 aromatic heterocycles. The maximum atomic E-state index is 13.6. The minimum atomic E-state index is -0.805. The van der Waals surface area contributed by atoms with Gasteiger partial charge in [-0.25, -0.2) is 9.97 Å². The van der Waals surface area contributed by atoms with E-state index in [-0.39, 0.29) is 23.8 Å². The maximum absolute atomic E-state index is 13.6. The Morgan fingerprint density at radius 2 is 1.66 bits per heavy atom. The van der Waals surface area contributed by atoms with Crippen LogP contribution in [0, 0.1) is 0 Å². The lowest BCUT2D eigenvalue weighted by molar-refractivity contribution is -0.137. The monoisotopic (exact) mass is 548 g/mol. The average Bonchev–Trinajstić information content (AvgIpc) is 2.99. The molecular formula is C33H32N4O4. The Hall–Kier alpha value is -4.59. The maximum Gasteiger partial charge on any atom is 0.303 e. The van der Waals surface area contributed by atoms with Crippen LogP contribution in [-0.2, 0) is 17.6 Å². The molecule has 0 atom stereocenters. The van der Waals surface area contributed by atoms with Gasteiger partial charge in [-0.3, -0.25) is 14.4 Å². The van der Waals surface area contributed by atoms with Crippen molar-refractivity contribution in [1.82, 2.24) is 20.2 Å². The number of unbranched alkanes of at least 4 members (excludes halogenated alkanes) is 1. The first-order chi connectivity index (χ1) is 19.9. The second-order valence-corrected chi connectivity index (χ2v) is 11.0. The number of aromatic nitrogens is 2. The molecule has 0 unspecified atom stereocenters. The molecule has 6 rings (SSSR count). The summed E-state index contributed by atoms with van der Waals surface area (Å²) < 4.78 is 0. The van der Waals surface area contributed by atoms with Crippen molar-refractivity contribution < 1.29 is 19.5 Å². The first kappa shape index (κ1) is 26.6. The number of carbonyl (C=O) groups is 3. The second kappa shape index (κ2) is 11.1. The predicted molar refractivity (Wildman–Crippen MR) is 156 cm³/mol. The van der Waals surface area contributed by atoms with E-state index < -0.39 is 5.97 Å². The van der Waals surface area contributed by atoms with Crippen molar-refractivity contribution in [2.45, 2.75) is 50.5 Å². The van der Waals surface area contributed by atoms with Crippen LogP contribution in [0.15, 0.2) is 72.8 Å². The van der Waals surface area contributed by atoms with E-state index in [1.807, 2.05) is 77.7 Å². The fourth-order valence-corrected chi connectivity index (χ4v) is 6.03. The molecule has 0 saturated carbocycles. The summed E-state index contributed by atoms with van der Waals surface area (Å²) in [6.45, 7) is 1.12. The number of likely N-dealkylation sites (tertiary alicyclic amines) is 1. The van der Waals surface area contributed by atoms with E-state index in [9.17, 15) is 14.4 Å². The Kier molecular flexibility index (Phi) is 7.22. The summed E-state index contributed by atoms with van der Waals surface area (Å²) in [5, 5.41) is 12.3. The van der Waals surface area contributed by atoms with Crippen LogP contribution in [0.4, 0.5) is 0 Å². The molecule has 4 aromatic rings. The van der Waals surface area contributed by atoms with Gasteiger partial charge >= 0.3 is 5.97 Å². The number of piperidine rings is 1. The Balaban J connectivity index is 1.21. The molecule has 41 heavy (non-hydrogen) atoms. The number of nitrogens with zero attached hydrogens (tertiary/aromatic N) is 3. The lowest BCUT2D eigenvalue weighted by Crippen LogP contribution is -2.59. The smallest absolute Gasteiger partial charge is 0.303 e. The van der Waals surface area contributed by atoms with Crippen LogP contribution in [0.3, 0.4) is 0 Å². The van der Waals surface area contributed by atoms with Gasteiger partial charge in [0.1, 0.15) is 0 Å². The number of nitrogens with one attached hydrogen (secondary N) is 1. The van der Waals surface area contributed by atoms with Gasteiger partial charge in [0, 0.05) is 41.7 Å². The number of hydrogen-bond donors (Lipinski definition) is 2. The standard InChI is InChI=1S/C33H32N4O4/c38-29(39)13-7-6-12-27-30(22-8-2-1-3-9-22)35-26-15-14-23(20-28(26)34-27)32(41)37-18-16-33(17-19-37)21-24-10-4-5-11-25(24)31(40)36-33/h1-5,8-11,14-15,20H,6-7,12-13,16-19,21H2,(H,36,40)(H,38,39). The molecule has 1 fully saturated rings. The van der Waals surface area contributed by atoms with Gasteiger partial charge in [-0.2, -0.15) is 0 Å². The van der Waals surface area contributed by atoms with Gasteiger partial charge < -0.3 is 15.3 Å². The van der Waals surface area contributed by atoms with Crippen LogP contribution in [-0.4, -0.2) is 56.4 Å². The fourth-order valence-electron chi connectivity index (χ4n) is 6.03. The Bertz CT molecular complexity index is 1630. The topological polar surface area (TPSA) is 112 Å². The van der Waals surface area contributed by atoms with Crippen molar-refractivity contribution in [3.05, 3.63) is 95.2 Å². The number of carbonyl (C=O) groups excluding carboxylic acids is 2. The molecule has 2 aliphatic rings. The molecule has 0 bridgehead atoms. The van der Waals surface area contributed by atoms with Gasteiger partial charge in [-0.15, -0.1) is 0 Å². The van der Waals surface area contributed by atoms with Gasteiger partial charge in [0.05, 0.1) is 22.4 Å². The number of rotatable bonds is 7. The Labute approximate surface area is 238 Å². The summed E-state index contributed by atoms with van der Waals surface area (Å²) in [5.41, 5.74) is 5.94. The third kappa shape index (κ3) is 5.55. The third-order valence-electron chi connectivity index (χ3n) is 8.26. The zero-order valence-electron chi connectivity index (χ0n) is 22.8. The number of benzene rings is 3. The Morgan fingerprint density at radius 3 is 2.44 bits per heavy atom. The van der Waals surface area contributed by atoms with Crippen molar-refractivity contribution >= 4 is 28.8 Å². The van der Waals surface area contributed by atoms with Crippen molar-refractivity contribution in [3.8, 4) is 11.3 Å². The van der Waals surface area contributed by atoms with Gasteiger partial charge in [0.25, 0.3) is 11.8 Å². The van der Waals surface area contributed by atoms with Gasteiger partial charge in [0.2, 0.25) is 0 Å². The lowest BCUT2D eigenvalue weighted by Gasteiger charge is -2.45. The highest BCUT2D eigenvalue weighted by atomic mass is 16.4. The molecule has 2 amide bonds. The molecule has 3 heterocycles. The predicted octanol–water partition coefficient (Wildman–Crippen LogP) is 5.06. The van der Waals surface area contributed by atoms with E-state index in [4.69, 9.17) is 15.1 Å². The molecule has 208 valence electrons. The minimum absolute atomic E-state index is 0.0339. The Morgan fingerprint density at radius 1 is 0.902 bits per heavy atom. The van der Waals surface area contributed by atoms with E-state index in [0.717, 1.165) is 34.5 Å². The van der Waals surface area contributed by atoms with E-state index in [2.05, 4.69) is 5.32 Å². The molecule has 2 aliphatic heterocycles. The molecule has 8 nitrogen and oxygen atoms in total. The van der Waals surface area contributed by atoms with Crippen LogP contribution in [0.1, 0.15) is 64.1 Å². The molecular weight excluding hydrogens is 516 g/mol. The summed E-state index contributed by atoms with van der Waals surface area (Å²) in [6.07, 6.45) is 4.14. The van der Waals surface area contributed by atoms with Crippen molar-refractivity contribution in [1.29, 1.82) is 0 Å². The van der Waals surface area contributed by atoms with Crippen molar-refractivity contribution in [2.75, 3.05) is 13.1 Å². The highest BCUT2D eigenvalue weighted by Gasteiger charge is 2.41. The summed E-state index contributed by atoms with van der Waals surface area (Å²) in [7, 11) is 0. The number of carboxylic acids is 1. The molecule has 8 heteroatoms. The minimum Gasteiger partial charge on any atom is -0.481 e. The number of aliphatic carboxylic acids is 1. The van der Waals surface area contributed by atoms with Gasteiger partial charge in [0.15, 0.2) is 0 Å². The van der Waals surface area contributed by atoms with Crippen LogP contribution < -0.4 is 5.32 Å². The number of hydrogen-bond acceptors (Lipinski definition) is 5. The quantitative estimate of drug-likeness (QED) is 0.313. The van der Waals surface area contributed by atoms with E-state index >= 15 is 0 Å². The van der Waals surface area contributed by atoms with E-state index in [1.54, 1.807) is 0 Å². The molecule has 3 aromatic carbocycles. The van der Waals surface area contributed by atoms with E-state index in [1.165, 1.54) is 0 Å². The first-order valence-electron chi connectivity index (χ1n) is 14.2. The van der Waals surface area contributed by atoms with Crippen molar-refractivity contribution in [3.63, 3.8) is 0 Å². The van der Waals surface area contributed by atoms with Gasteiger partial charge in [-0.05, 0) is 68.4 Å².